The minimum atomic E-state index is 0.412. The fraction of sp³-hybridized carbons (Fsp3) is 0.357. The van der Waals surface area contributed by atoms with Gasteiger partial charge in [-0.15, -0.1) is 0 Å². The number of rotatable bonds is 1. The molecule has 2 atom stereocenters. The standard InChI is InChI=1S/C14H14N4/c1-2-6-16-14(3-1)18-10-4-5-13(18)11-8-15-9-17-12(11)7-10/h1-3,6,8-10,13H,4-5,7H2. The molecule has 90 valence electrons. The van der Waals surface area contributed by atoms with Crippen molar-refractivity contribution in [1.29, 1.82) is 0 Å². The summed E-state index contributed by atoms with van der Waals surface area (Å²) < 4.78 is 0. The molecule has 4 nitrogen and oxygen atoms in total. The molecule has 1 fully saturated rings. The zero-order chi connectivity index (χ0) is 11.9. The summed E-state index contributed by atoms with van der Waals surface area (Å²) in [6.07, 6.45) is 8.93. The molecule has 0 spiro atoms. The second-order valence-electron chi connectivity index (χ2n) is 4.97. The lowest BCUT2D eigenvalue weighted by molar-refractivity contribution is 0.577. The van der Waals surface area contributed by atoms with E-state index in [4.69, 9.17) is 0 Å². The Hall–Kier alpha value is -1.97. The van der Waals surface area contributed by atoms with E-state index in [1.54, 1.807) is 6.33 Å². The molecule has 0 saturated carbocycles. The zero-order valence-corrected chi connectivity index (χ0v) is 10.0. The van der Waals surface area contributed by atoms with Crippen molar-refractivity contribution in [2.75, 3.05) is 4.90 Å². The molecule has 2 bridgehead atoms. The van der Waals surface area contributed by atoms with Gasteiger partial charge in [0.2, 0.25) is 0 Å². The van der Waals surface area contributed by atoms with E-state index in [9.17, 15) is 0 Å². The second kappa shape index (κ2) is 3.77. The SMILES string of the molecule is c1ccc(N2C3CCC2c2cncnc2C3)nc1. The monoisotopic (exact) mass is 238 g/mol. The Labute approximate surface area is 106 Å². The molecule has 4 heterocycles. The van der Waals surface area contributed by atoms with Crippen molar-refractivity contribution in [3.63, 3.8) is 0 Å². The highest BCUT2D eigenvalue weighted by Crippen LogP contribution is 2.44. The molecule has 1 saturated heterocycles. The number of anilines is 1. The first kappa shape index (κ1) is 10.00. The Bertz CT molecular complexity index is 569. The molecule has 0 N–H and O–H groups in total. The quantitative estimate of drug-likeness (QED) is 0.763. The van der Waals surface area contributed by atoms with Crippen LogP contribution in [0.15, 0.2) is 36.9 Å². The van der Waals surface area contributed by atoms with Gasteiger partial charge in [0.15, 0.2) is 0 Å². The summed E-state index contributed by atoms with van der Waals surface area (Å²) in [6, 6.07) is 7.08. The predicted octanol–water partition coefficient (Wildman–Crippen LogP) is 2.14. The van der Waals surface area contributed by atoms with Gasteiger partial charge in [0.1, 0.15) is 12.1 Å². The van der Waals surface area contributed by atoms with Crippen LogP contribution in [0, 0.1) is 0 Å². The fourth-order valence-corrected chi connectivity index (χ4v) is 3.28. The Morgan fingerprint density at radius 2 is 2.17 bits per heavy atom. The predicted molar refractivity (Wildman–Crippen MR) is 68.2 cm³/mol. The van der Waals surface area contributed by atoms with Gasteiger partial charge in [0.05, 0.1) is 11.7 Å². The summed E-state index contributed by atoms with van der Waals surface area (Å²) in [5.41, 5.74) is 2.52. The van der Waals surface area contributed by atoms with Gasteiger partial charge in [0.25, 0.3) is 0 Å². The molecule has 0 aromatic carbocycles. The molecular weight excluding hydrogens is 224 g/mol. The van der Waals surface area contributed by atoms with Gasteiger partial charge >= 0.3 is 0 Å². The van der Waals surface area contributed by atoms with Crippen LogP contribution in [-0.2, 0) is 6.42 Å². The number of pyridine rings is 1. The van der Waals surface area contributed by atoms with Gasteiger partial charge in [-0.05, 0) is 25.0 Å². The molecule has 0 aliphatic carbocycles. The minimum absolute atomic E-state index is 0.412. The summed E-state index contributed by atoms with van der Waals surface area (Å²) in [6.45, 7) is 0. The first-order valence-corrected chi connectivity index (χ1v) is 6.41. The molecule has 2 unspecified atom stereocenters. The summed E-state index contributed by atoms with van der Waals surface area (Å²) >= 11 is 0. The third kappa shape index (κ3) is 1.35. The average molecular weight is 238 g/mol. The van der Waals surface area contributed by atoms with Gasteiger partial charge < -0.3 is 4.90 Å². The topological polar surface area (TPSA) is 41.9 Å². The first-order chi connectivity index (χ1) is 8.93. The van der Waals surface area contributed by atoms with E-state index in [1.165, 1.54) is 24.1 Å². The molecule has 2 aliphatic rings. The molecule has 2 aromatic heterocycles. The lowest BCUT2D eigenvalue weighted by Gasteiger charge is -2.36. The van der Waals surface area contributed by atoms with Crippen LogP contribution in [0.5, 0.6) is 0 Å². The first-order valence-electron chi connectivity index (χ1n) is 6.41. The highest BCUT2D eigenvalue weighted by atomic mass is 15.3. The number of fused-ring (bicyclic) bond motifs is 4. The maximum atomic E-state index is 4.50. The molecule has 4 heteroatoms. The lowest BCUT2D eigenvalue weighted by Crippen LogP contribution is -2.38. The molecule has 2 aliphatic heterocycles. The van der Waals surface area contributed by atoms with E-state index in [-0.39, 0.29) is 0 Å². The van der Waals surface area contributed by atoms with Crippen molar-refractivity contribution < 1.29 is 0 Å². The van der Waals surface area contributed by atoms with Crippen LogP contribution in [0.1, 0.15) is 30.1 Å². The van der Waals surface area contributed by atoms with Crippen molar-refractivity contribution >= 4 is 5.82 Å². The molecular formula is C14H14N4. The molecule has 18 heavy (non-hydrogen) atoms. The third-order valence-electron chi connectivity index (χ3n) is 4.03. The Morgan fingerprint density at radius 1 is 1.17 bits per heavy atom. The highest BCUT2D eigenvalue weighted by molar-refractivity contribution is 5.48. The van der Waals surface area contributed by atoms with E-state index >= 15 is 0 Å². The number of hydrogen-bond acceptors (Lipinski definition) is 4. The van der Waals surface area contributed by atoms with E-state index in [1.807, 2.05) is 18.5 Å². The average Bonchev–Trinajstić information content (AvgIpc) is 2.75. The normalized spacial score (nSPS) is 25.0. The van der Waals surface area contributed by atoms with Crippen LogP contribution in [0.25, 0.3) is 0 Å². The van der Waals surface area contributed by atoms with Crippen LogP contribution < -0.4 is 4.90 Å². The van der Waals surface area contributed by atoms with E-state index in [0.717, 1.165) is 12.2 Å². The largest absolute Gasteiger partial charge is 0.346 e. The Morgan fingerprint density at radius 3 is 3.06 bits per heavy atom. The third-order valence-corrected chi connectivity index (χ3v) is 4.03. The van der Waals surface area contributed by atoms with E-state index in [0.29, 0.717) is 12.1 Å². The van der Waals surface area contributed by atoms with Gasteiger partial charge in [-0.25, -0.2) is 15.0 Å². The van der Waals surface area contributed by atoms with Crippen LogP contribution >= 0.6 is 0 Å². The fourth-order valence-electron chi connectivity index (χ4n) is 3.28. The molecule has 0 radical (unpaired) electrons. The van der Waals surface area contributed by atoms with Crippen molar-refractivity contribution in [1.82, 2.24) is 15.0 Å². The maximum absolute atomic E-state index is 4.50. The lowest BCUT2D eigenvalue weighted by atomic mass is 9.99. The van der Waals surface area contributed by atoms with Crippen LogP contribution in [-0.4, -0.2) is 21.0 Å². The molecule has 0 amide bonds. The number of hydrogen-bond donors (Lipinski definition) is 0. The van der Waals surface area contributed by atoms with Crippen molar-refractivity contribution in [2.24, 2.45) is 0 Å². The van der Waals surface area contributed by atoms with Crippen molar-refractivity contribution in [3.05, 3.63) is 48.2 Å². The molecule has 2 aromatic rings. The van der Waals surface area contributed by atoms with Gasteiger partial charge in [-0.2, -0.15) is 0 Å². The van der Waals surface area contributed by atoms with E-state index in [2.05, 4.69) is 32.0 Å². The van der Waals surface area contributed by atoms with Gasteiger partial charge in [-0.3, -0.25) is 0 Å². The van der Waals surface area contributed by atoms with Gasteiger partial charge in [-0.1, -0.05) is 6.07 Å². The number of aromatic nitrogens is 3. The van der Waals surface area contributed by atoms with Crippen molar-refractivity contribution in [3.8, 4) is 0 Å². The summed E-state index contributed by atoms with van der Waals surface area (Å²) in [5.74, 6) is 1.08. The molecule has 4 rings (SSSR count). The van der Waals surface area contributed by atoms with Crippen LogP contribution in [0.4, 0.5) is 5.82 Å². The van der Waals surface area contributed by atoms with Crippen molar-refractivity contribution in [2.45, 2.75) is 31.3 Å². The second-order valence-corrected chi connectivity index (χ2v) is 4.97. The summed E-state index contributed by atoms with van der Waals surface area (Å²) in [4.78, 5) is 15.6. The van der Waals surface area contributed by atoms with E-state index < -0.39 is 0 Å². The Kier molecular flexibility index (Phi) is 2.09. The number of nitrogens with zero attached hydrogens (tertiary/aromatic N) is 4. The van der Waals surface area contributed by atoms with Crippen LogP contribution in [0.3, 0.4) is 0 Å². The highest BCUT2D eigenvalue weighted by Gasteiger charge is 2.41. The smallest absolute Gasteiger partial charge is 0.129 e. The zero-order valence-electron chi connectivity index (χ0n) is 10.0. The van der Waals surface area contributed by atoms with Gasteiger partial charge in [0, 0.05) is 30.4 Å². The maximum Gasteiger partial charge on any atom is 0.129 e. The minimum Gasteiger partial charge on any atom is -0.346 e. The summed E-state index contributed by atoms with van der Waals surface area (Å²) in [7, 11) is 0. The Balaban J connectivity index is 1.81. The van der Waals surface area contributed by atoms with Crippen LogP contribution in [0.2, 0.25) is 0 Å². The summed E-state index contributed by atoms with van der Waals surface area (Å²) in [5, 5.41) is 0.